The van der Waals surface area contributed by atoms with Crippen LogP contribution in [0.4, 0.5) is 0 Å². The Balaban J connectivity index is 2.07. The monoisotopic (exact) mass is 354 g/mol. The first-order chi connectivity index (χ1) is 11.3. The van der Waals surface area contributed by atoms with Crippen molar-refractivity contribution in [2.24, 2.45) is 5.92 Å². The number of unbranched alkanes of at least 4 members (excludes halogenated alkanes) is 1. The number of hydrogen-bond donors (Lipinski definition) is 2. The molecule has 0 saturated carbocycles. The molecule has 2 heterocycles. The van der Waals surface area contributed by atoms with E-state index in [0.717, 1.165) is 50.4 Å². The largest absolute Gasteiger partial charge is 0.360 e. The van der Waals surface area contributed by atoms with E-state index >= 15 is 0 Å². The molecule has 2 aliphatic heterocycles. The molecule has 0 aromatic carbocycles. The van der Waals surface area contributed by atoms with Gasteiger partial charge in [0.05, 0.1) is 11.7 Å². The lowest BCUT2D eigenvalue weighted by molar-refractivity contribution is -0.133. The molecule has 2 rings (SSSR count). The highest BCUT2D eigenvalue weighted by molar-refractivity contribution is 7.80. The minimum Gasteiger partial charge on any atom is -0.360 e. The quantitative estimate of drug-likeness (QED) is 0.742. The van der Waals surface area contributed by atoms with E-state index in [0.29, 0.717) is 12.0 Å². The van der Waals surface area contributed by atoms with Gasteiger partial charge in [0, 0.05) is 38.5 Å². The lowest BCUT2D eigenvalue weighted by atomic mass is 9.95. The first kappa shape index (κ1) is 19.4. The van der Waals surface area contributed by atoms with Crippen molar-refractivity contribution in [3.8, 4) is 0 Å². The van der Waals surface area contributed by atoms with Gasteiger partial charge in [0.2, 0.25) is 5.91 Å². The van der Waals surface area contributed by atoms with Crippen molar-refractivity contribution >= 4 is 23.2 Å². The Bertz CT molecular complexity index is 458. The number of likely N-dealkylation sites (tertiary alicyclic amines) is 1. The minimum atomic E-state index is -0.175. The predicted molar refractivity (Wildman–Crippen MR) is 103 cm³/mol. The molecule has 1 amide bonds. The average molecular weight is 355 g/mol. The molecule has 2 saturated heterocycles. The van der Waals surface area contributed by atoms with Crippen molar-refractivity contribution in [2.75, 3.05) is 19.6 Å². The highest BCUT2D eigenvalue weighted by Gasteiger charge is 2.51. The van der Waals surface area contributed by atoms with Crippen molar-refractivity contribution in [3.63, 3.8) is 0 Å². The second kappa shape index (κ2) is 8.00. The van der Waals surface area contributed by atoms with Crippen LogP contribution in [0.1, 0.15) is 60.3 Å². The summed E-state index contributed by atoms with van der Waals surface area (Å²) in [5.41, 5.74) is -0.175. The molecule has 2 fully saturated rings. The second-order valence-electron chi connectivity index (χ2n) is 7.83. The van der Waals surface area contributed by atoms with E-state index in [1.165, 1.54) is 0 Å². The van der Waals surface area contributed by atoms with Crippen molar-refractivity contribution in [1.82, 2.24) is 20.4 Å². The van der Waals surface area contributed by atoms with Crippen LogP contribution in [0.15, 0.2) is 0 Å². The summed E-state index contributed by atoms with van der Waals surface area (Å²) in [5, 5.41) is 7.87. The molecule has 138 valence electrons. The van der Waals surface area contributed by atoms with Crippen LogP contribution in [0.25, 0.3) is 0 Å². The molecule has 1 spiro atoms. The zero-order valence-electron chi connectivity index (χ0n) is 15.9. The van der Waals surface area contributed by atoms with E-state index in [2.05, 4.69) is 55.1 Å². The topological polar surface area (TPSA) is 47.6 Å². The minimum absolute atomic E-state index is 0.0471. The zero-order valence-corrected chi connectivity index (χ0v) is 16.7. The van der Waals surface area contributed by atoms with Gasteiger partial charge in [-0.1, -0.05) is 27.2 Å². The van der Waals surface area contributed by atoms with Crippen LogP contribution in [-0.4, -0.2) is 58.2 Å². The van der Waals surface area contributed by atoms with Gasteiger partial charge >= 0.3 is 0 Å². The Kier molecular flexibility index (Phi) is 6.48. The van der Waals surface area contributed by atoms with Gasteiger partial charge in [-0.05, 0) is 38.4 Å². The van der Waals surface area contributed by atoms with Crippen molar-refractivity contribution in [1.29, 1.82) is 0 Å². The van der Waals surface area contributed by atoms with Gasteiger partial charge in [-0.3, -0.25) is 10.1 Å². The average Bonchev–Trinajstić information content (AvgIpc) is 2.78. The van der Waals surface area contributed by atoms with Crippen molar-refractivity contribution < 1.29 is 4.79 Å². The summed E-state index contributed by atoms with van der Waals surface area (Å²) in [6.07, 6.45) is 4.05. The molecule has 1 unspecified atom stereocenters. The summed E-state index contributed by atoms with van der Waals surface area (Å²) < 4.78 is 0. The van der Waals surface area contributed by atoms with Gasteiger partial charge in [-0.15, -0.1) is 0 Å². The molecule has 5 nitrogen and oxygen atoms in total. The van der Waals surface area contributed by atoms with Gasteiger partial charge in [0.15, 0.2) is 5.11 Å². The molecule has 0 bridgehead atoms. The standard InChI is InChI=1S/C18H34N4OS/c1-6-7-10-22-16(23)15(13(2)3)20-18(22)8-11-21(12-9-18)17(24)19-14(4)5/h13-15,20H,6-12H2,1-5H3,(H,19,24). The maximum atomic E-state index is 12.9. The van der Waals surface area contributed by atoms with Crippen LogP contribution >= 0.6 is 12.2 Å². The number of piperidine rings is 1. The van der Waals surface area contributed by atoms with Crippen LogP contribution in [0.2, 0.25) is 0 Å². The number of nitrogens with one attached hydrogen (secondary N) is 2. The Morgan fingerprint density at radius 3 is 2.46 bits per heavy atom. The summed E-state index contributed by atoms with van der Waals surface area (Å²) in [6.45, 7) is 13.3. The van der Waals surface area contributed by atoms with Gasteiger partial charge in [0.25, 0.3) is 0 Å². The number of hydrogen-bond acceptors (Lipinski definition) is 3. The number of carbonyl (C=O) groups is 1. The number of amides is 1. The van der Waals surface area contributed by atoms with Crippen molar-refractivity contribution in [3.05, 3.63) is 0 Å². The maximum absolute atomic E-state index is 12.9. The van der Waals surface area contributed by atoms with E-state index in [1.807, 2.05) is 0 Å². The molecule has 2 aliphatic rings. The molecule has 1 atom stereocenters. The van der Waals surface area contributed by atoms with E-state index in [9.17, 15) is 4.79 Å². The third kappa shape index (κ3) is 4.02. The fraction of sp³-hybridized carbons (Fsp3) is 0.889. The third-order valence-corrected chi connectivity index (χ3v) is 5.54. The first-order valence-electron chi connectivity index (χ1n) is 9.45. The summed E-state index contributed by atoms with van der Waals surface area (Å²) in [5.74, 6) is 0.609. The van der Waals surface area contributed by atoms with Gasteiger partial charge in [-0.25, -0.2) is 0 Å². The first-order valence-corrected chi connectivity index (χ1v) is 9.86. The molecule has 0 aliphatic carbocycles. The van der Waals surface area contributed by atoms with E-state index in [-0.39, 0.29) is 17.6 Å². The Hall–Kier alpha value is -0.880. The third-order valence-electron chi connectivity index (χ3n) is 5.16. The van der Waals surface area contributed by atoms with Gasteiger partial charge < -0.3 is 15.1 Å². The predicted octanol–water partition coefficient (Wildman–Crippen LogP) is 2.32. The summed E-state index contributed by atoms with van der Waals surface area (Å²) in [6, 6.07) is 0.306. The number of nitrogens with zero attached hydrogens (tertiary/aromatic N) is 2. The Morgan fingerprint density at radius 1 is 1.33 bits per heavy atom. The van der Waals surface area contributed by atoms with Crippen LogP contribution in [0, 0.1) is 5.92 Å². The normalized spacial score (nSPS) is 23.6. The van der Waals surface area contributed by atoms with Crippen molar-refractivity contribution in [2.45, 2.75) is 78.0 Å². The highest BCUT2D eigenvalue weighted by Crippen LogP contribution is 2.34. The van der Waals surface area contributed by atoms with Gasteiger partial charge in [0.1, 0.15) is 0 Å². The number of thiocarbonyl (C=S) groups is 1. The van der Waals surface area contributed by atoms with Crippen LogP contribution < -0.4 is 10.6 Å². The molecule has 6 heteroatoms. The smallest absolute Gasteiger partial charge is 0.241 e. The molecular weight excluding hydrogens is 320 g/mol. The zero-order chi connectivity index (χ0) is 17.9. The molecule has 2 N–H and O–H groups in total. The maximum Gasteiger partial charge on any atom is 0.241 e. The Labute approximate surface area is 152 Å². The molecule has 0 radical (unpaired) electrons. The molecular formula is C18H34N4OS. The second-order valence-corrected chi connectivity index (χ2v) is 8.22. The van der Waals surface area contributed by atoms with Crippen LogP contribution in [0.5, 0.6) is 0 Å². The van der Waals surface area contributed by atoms with E-state index in [4.69, 9.17) is 12.2 Å². The molecule has 0 aromatic heterocycles. The fourth-order valence-electron chi connectivity index (χ4n) is 3.73. The summed E-state index contributed by atoms with van der Waals surface area (Å²) in [7, 11) is 0. The Morgan fingerprint density at radius 2 is 1.96 bits per heavy atom. The lowest BCUT2D eigenvalue weighted by Gasteiger charge is -2.45. The van der Waals surface area contributed by atoms with E-state index < -0.39 is 0 Å². The summed E-state index contributed by atoms with van der Waals surface area (Å²) >= 11 is 5.51. The molecule has 24 heavy (non-hydrogen) atoms. The summed E-state index contributed by atoms with van der Waals surface area (Å²) in [4.78, 5) is 17.3. The molecule has 0 aromatic rings. The van der Waals surface area contributed by atoms with Gasteiger partial charge in [-0.2, -0.15) is 0 Å². The SMILES string of the molecule is CCCCN1C(=O)C(C(C)C)NC12CCN(C(=S)NC(C)C)CC2. The van der Waals surface area contributed by atoms with Crippen LogP contribution in [0.3, 0.4) is 0 Å². The highest BCUT2D eigenvalue weighted by atomic mass is 32.1. The lowest BCUT2D eigenvalue weighted by Crippen LogP contribution is -2.60. The van der Waals surface area contributed by atoms with E-state index in [1.54, 1.807) is 0 Å². The number of rotatable bonds is 5. The van der Waals surface area contributed by atoms with Crippen LogP contribution in [-0.2, 0) is 4.79 Å². The number of carbonyl (C=O) groups excluding carboxylic acids is 1. The fourth-order valence-corrected chi connectivity index (χ4v) is 4.15.